The lowest BCUT2D eigenvalue weighted by molar-refractivity contribution is -0.150. The summed E-state index contributed by atoms with van der Waals surface area (Å²) in [7, 11) is 0. The molecule has 0 fully saturated rings. The van der Waals surface area contributed by atoms with Gasteiger partial charge in [0.2, 0.25) is 0 Å². The summed E-state index contributed by atoms with van der Waals surface area (Å²) in [5.41, 5.74) is 1.80. The standard InChI is InChI=1S/C26H24Cl2N2O3S/c1-15-22(25(32)33-26(2,3)4)23(17-7-11-19(28)12-8-17)20(13-29)24(30-15)34-14-21(31)16-5-9-18(27)10-6-16/h5-12,23,30H,14H2,1-4H3. The van der Waals surface area contributed by atoms with Crippen LogP contribution in [0.4, 0.5) is 0 Å². The number of hydrogen-bond donors (Lipinski definition) is 1. The summed E-state index contributed by atoms with van der Waals surface area (Å²) < 4.78 is 5.65. The molecule has 0 spiro atoms. The molecule has 2 aromatic rings. The molecule has 1 atom stereocenters. The Morgan fingerprint density at radius 2 is 1.62 bits per heavy atom. The van der Waals surface area contributed by atoms with Gasteiger partial charge < -0.3 is 10.1 Å². The smallest absolute Gasteiger partial charge is 0.337 e. The zero-order valence-corrected chi connectivity index (χ0v) is 21.6. The summed E-state index contributed by atoms with van der Waals surface area (Å²) in [6, 6.07) is 15.9. The molecule has 2 aromatic carbocycles. The lowest BCUT2D eigenvalue weighted by atomic mass is 9.82. The van der Waals surface area contributed by atoms with Gasteiger partial charge in [0.15, 0.2) is 5.78 Å². The monoisotopic (exact) mass is 514 g/mol. The van der Waals surface area contributed by atoms with Crippen molar-refractivity contribution >= 4 is 46.7 Å². The zero-order chi connectivity index (χ0) is 25.0. The second kappa shape index (κ2) is 10.7. The zero-order valence-electron chi connectivity index (χ0n) is 19.2. The fraction of sp³-hybridized carbons (Fsp3) is 0.269. The second-order valence-corrected chi connectivity index (χ2v) is 10.6. The number of esters is 1. The maximum absolute atomic E-state index is 13.2. The number of nitriles is 1. The van der Waals surface area contributed by atoms with Crippen molar-refractivity contribution in [1.29, 1.82) is 5.26 Å². The maximum Gasteiger partial charge on any atom is 0.337 e. The lowest BCUT2D eigenvalue weighted by Gasteiger charge is -2.31. The Kier molecular flexibility index (Phi) is 8.14. The van der Waals surface area contributed by atoms with Crippen LogP contribution in [-0.2, 0) is 9.53 Å². The molecular formula is C26H24Cl2N2O3S. The normalized spacial score (nSPS) is 16.1. The Bertz CT molecular complexity index is 1200. The van der Waals surface area contributed by atoms with Gasteiger partial charge in [-0.05, 0) is 69.7 Å². The highest BCUT2D eigenvalue weighted by atomic mass is 35.5. The Hall–Kier alpha value is -2.72. The predicted molar refractivity (Wildman–Crippen MR) is 137 cm³/mol. The first kappa shape index (κ1) is 25.9. The quantitative estimate of drug-likeness (QED) is 0.343. The molecule has 0 aromatic heterocycles. The van der Waals surface area contributed by atoms with Crippen molar-refractivity contribution in [3.05, 3.63) is 91.6 Å². The molecule has 0 radical (unpaired) electrons. The summed E-state index contributed by atoms with van der Waals surface area (Å²) in [6.07, 6.45) is 0. The van der Waals surface area contributed by atoms with Crippen molar-refractivity contribution in [2.45, 2.75) is 39.2 Å². The van der Waals surface area contributed by atoms with E-state index in [-0.39, 0.29) is 11.5 Å². The van der Waals surface area contributed by atoms with Gasteiger partial charge in [0.1, 0.15) is 5.60 Å². The number of nitrogens with zero attached hydrogens (tertiary/aromatic N) is 1. The number of thioether (sulfide) groups is 1. The number of nitrogens with one attached hydrogen (secondary N) is 1. The highest BCUT2D eigenvalue weighted by molar-refractivity contribution is 8.03. The van der Waals surface area contributed by atoms with Crippen molar-refractivity contribution in [3.63, 3.8) is 0 Å². The van der Waals surface area contributed by atoms with E-state index in [1.54, 1.807) is 76.2 Å². The van der Waals surface area contributed by atoms with Gasteiger partial charge in [-0.1, -0.05) is 47.1 Å². The van der Waals surface area contributed by atoms with E-state index in [9.17, 15) is 14.9 Å². The Labute approximate surface area is 213 Å². The molecule has 8 heteroatoms. The van der Waals surface area contributed by atoms with Crippen LogP contribution in [0.25, 0.3) is 0 Å². The molecule has 0 aliphatic carbocycles. The summed E-state index contributed by atoms with van der Waals surface area (Å²) in [5, 5.41) is 14.9. The van der Waals surface area contributed by atoms with Crippen LogP contribution in [0, 0.1) is 11.3 Å². The van der Waals surface area contributed by atoms with E-state index >= 15 is 0 Å². The molecule has 1 aliphatic heterocycles. The van der Waals surface area contributed by atoms with Gasteiger partial charge in [-0.15, -0.1) is 0 Å². The van der Waals surface area contributed by atoms with Crippen LogP contribution >= 0.6 is 35.0 Å². The van der Waals surface area contributed by atoms with Crippen LogP contribution in [0.3, 0.4) is 0 Å². The van der Waals surface area contributed by atoms with E-state index < -0.39 is 17.5 Å². The van der Waals surface area contributed by atoms with Gasteiger partial charge in [-0.3, -0.25) is 4.79 Å². The first-order chi connectivity index (χ1) is 16.0. The number of dihydropyridines is 1. The van der Waals surface area contributed by atoms with Crippen LogP contribution in [-0.4, -0.2) is 23.1 Å². The third kappa shape index (κ3) is 6.24. The van der Waals surface area contributed by atoms with E-state index in [1.807, 2.05) is 0 Å². The molecule has 176 valence electrons. The number of Topliss-reactive ketones (excluding diaryl/α,β-unsaturated/α-hetero) is 1. The number of hydrogen-bond acceptors (Lipinski definition) is 6. The van der Waals surface area contributed by atoms with Gasteiger partial charge >= 0.3 is 5.97 Å². The second-order valence-electron chi connectivity index (χ2n) is 8.72. The van der Waals surface area contributed by atoms with E-state index in [2.05, 4.69) is 11.4 Å². The highest BCUT2D eigenvalue weighted by Crippen LogP contribution is 2.41. The number of halogens is 2. The molecule has 1 heterocycles. The molecule has 1 N–H and O–H groups in total. The fourth-order valence-corrected chi connectivity index (χ4v) is 4.71. The third-order valence-electron chi connectivity index (χ3n) is 4.98. The minimum Gasteiger partial charge on any atom is -0.457 e. The topological polar surface area (TPSA) is 79.2 Å². The van der Waals surface area contributed by atoms with Crippen LogP contribution in [0.5, 0.6) is 0 Å². The van der Waals surface area contributed by atoms with E-state index in [0.717, 1.165) is 5.56 Å². The number of carbonyl (C=O) groups is 2. The summed E-state index contributed by atoms with van der Waals surface area (Å²) in [6.45, 7) is 7.13. The van der Waals surface area contributed by atoms with E-state index in [4.69, 9.17) is 27.9 Å². The molecule has 5 nitrogen and oxygen atoms in total. The molecule has 1 aliphatic rings. The predicted octanol–water partition coefficient (Wildman–Crippen LogP) is 6.65. The molecular weight excluding hydrogens is 491 g/mol. The molecule has 1 unspecified atom stereocenters. The first-order valence-corrected chi connectivity index (χ1v) is 12.3. The number of carbonyl (C=O) groups excluding carboxylic acids is 2. The SMILES string of the molecule is CC1=C(C(=O)OC(C)(C)C)C(c2ccc(Cl)cc2)C(C#N)=C(SCC(=O)c2ccc(Cl)cc2)N1. The van der Waals surface area contributed by atoms with Gasteiger partial charge in [-0.2, -0.15) is 5.26 Å². The van der Waals surface area contributed by atoms with Gasteiger partial charge in [0.05, 0.1) is 33.9 Å². The summed E-state index contributed by atoms with van der Waals surface area (Å²) in [4.78, 5) is 25.9. The van der Waals surface area contributed by atoms with Crippen molar-refractivity contribution < 1.29 is 14.3 Å². The number of ketones is 1. The average Bonchev–Trinajstić information content (AvgIpc) is 2.76. The largest absolute Gasteiger partial charge is 0.457 e. The molecule has 0 amide bonds. The molecule has 0 saturated heterocycles. The molecule has 0 saturated carbocycles. The Morgan fingerprint density at radius 1 is 1.06 bits per heavy atom. The van der Waals surface area contributed by atoms with Crippen molar-refractivity contribution in [2.75, 3.05) is 5.75 Å². The molecule has 34 heavy (non-hydrogen) atoms. The number of allylic oxidation sites excluding steroid dienone is 2. The van der Waals surface area contributed by atoms with Crippen LogP contribution in [0.15, 0.2) is 70.4 Å². The lowest BCUT2D eigenvalue weighted by Crippen LogP contribution is -2.32. The highest BCUT2D eigenvalue weighted by Gasteiger charge is 2.37. The number of rotatable bonds is 6. The minimum absolute atomic E-state index is 0.101. The average molecular weight is 515 g/mol. The van der Waals surface area contributed by atoms with Gasteiger partial charge in [-0.25, -0.2) is 4.79 Å². The fourth-order valence-electron chi connectivity index (χ4n) is 3.48. The summed E-state index contributed by atoms with van der Waals surface area (Å²) in [5.74, 6) is -1.16. The van der Waals surface area contributed by atoms with Crippen molar-refractivity contribution in [2.24, 2.45) is 0 Å². The third-order valence-corrected chi connectivity index (χ3v) is 6.50. The molecule has 3 rings (SSSR count). The van der Waals surface area contributed by atoms with E-state index in [0.29, 0.717) is 37.5 Å². The van der Waals surface area contributed by atoms with E-state index in [1.165, 1.54) is 11.8 Å². The first-order valence-electron chi connectivity index (χ1n) is 10.5. The number of ether oxygens (including phenoxy) is 1. The molecule has 0 bridgehead atoms. The number of benzene rings is 2. The van der Waals surface area contributed by atoms with Gasteiger partial charge in [0.25, 0.3) is 0 Å². The van der Waals surface area contributed by atoms with Gasteiger partial charge in [0, 0.05) is 21.3 Å². The van der Waals surface area contributed by atoms with Crippen LogP contribution in [0.1, 0.15) is 49.5 Å². The minimum atomic E-state index is -0.703. The Balaban J connectivity index is 1.98. The summed E-state index contributed by atoms with van der Waals surface area (Å²) >= 11 is 13.2. The van der Waals surface area contributed by atoms with Crippen LogP contribution in [0.2, 0.25) is 10.0 Å². The van der Waals surface area contributed by atoms with Crippen LogP contribution < -0.4 is 5.32 Å². The van der Waals surface area contributed by atoms with Crippen molar-refractivity contribution in [3.8, 4) is 6.07 Å². The van der Waals surface area contributed by atoms with Crippen molar-refractivity contribution in [1.82, 2.24) is 5.32 Å². The maximum atomic E-state index is 13.2. The Morgan fingerprint density at radius 3 is 2.15 bits per heavy atom.